The molecular weight excluding hydrogens is 242 g/mol. The molecule has 0 bridgehead atoms. The molecule has 0 unspecified atom stereocenters. The number of benzene rings is 1. The highest BCUT2D eigenvalue weighted by Gasteiger charge is 2.15. The van der Waals surface area contributed by atoms with Gasteiger partial charge in [0.15, 0.2) is 5.75 Å². The van der Waals surface area contributed by atoms with E-state index in [9.17, 15) is 10.1 Å². The van der Waals surface area contributed by atoms with Crippen molar-refractivity contribution in [1.29, 1.82) is 0 Å². The number of nitro benzene ring substituents is 1. The van der Waals surface area contributed by atoms with Crippen LogP contribution in [0.5, 0.6) is 5.75 Å². The quantitative estimate of drug-likeness (QED) is 0.460. The van der Waals surface area contributed by atoms with Gasteiger partial charge in [-0.15, -0.1) is 0 Å². The fourth-order valence-electron chi connectivity index (χ4n) is 1.28. The minimum absolute atomic E-state index is 0.0660. The summed E-state index contributed by atoms with van der Waals surface area (Å²) in [6.45, 7) is 2.31. The van der Waals surface area contributed by atoms with Crippen molar-refractivity contribution in [3.05, 3.63) is 33.9 Å². The van der Waals surface area contributed by atoms with Gasteiger partial charge in [0.05, 0.1) is 18.1 Å². The Labute approximate surface area is 104 Å². The lowest BCUT2D eigenvalue weighted by atomic mass is 10.2. The first-order chi connectivity index (χ1) is 8.19. The van der Waals surface area contributed by atoms with Gasteiger partial charge in [-0.2, -0.15) is 11.8 Å². The third-order valence-electron chi connectivity index (χ3n) is 2.09. The molecule has 0 fully saturated rings. The summed E-state index contributed by atoms with van der Waals surface area (Å²) in [7, 11) is 0. The Balaban J connectivity index is 2.75. The highest BCUT2D eigenvalue weighted by molar-refractivity contribution is 7.99. The number of thioether (sulfide) groups is 1. The molecule has 1 N–H and O–H groups in total. The van der Waals surface area contributed by atoms with E-state index < -0.39 is 4.92 Å². The van der Waals surface area contributed by atoms with E-state index in [-0.39, 0.29) is 18.0 Å². The van der Waals surface area contributed by atoms with Crippen molar-refractivity contribution < 1.29 is 14.8 Å². The van der Waals surface area contributed by atoms with E-state index >= 15 is 0 Å². The maximum Gasteiger partial charge on any atom is 0.310 e. The largest absolute Gasteiger partial charge is 0.486 e. The van der Waals surface area contributed by atoms with E-state index in [1.54, 1.807) is 11.8 Å². The number of hydrogen-bond acceptors (Lipinski definition) is 5. The van der Waals surface area contributed by atoms with Crippen LogP contribution in [0, 0.1) is 10.1 Å². The van der Waals surface area contributed by atoms with E-state index in [0.29, 0.717) is 12.2 Å². The van der Waals surface area contributed by atoms with Gasteiger partial charge in [0.1, 0.15) is 0 Å². The Morgan fingerprint density at radius 1 is 1.53 bits per heavy atom. The second-order valence-electron chi connectivity index (χ2n) is 3.26. The summed E-state index contributed by atoms with van der Waals surface area (Å²) in [4.78, 5) is 10.3. The van der Waals surface area contributed by atoms with E-state index in [0.717, 1.165) is 11.5 Å². The van der Waals surface area contributed by atoms with Gasteiger partial charge in [0, 0.05) is 11.8 Å². The first-order valence-electron chi connectivity index (χ1n) is 5.27. The molecule has 0 aliphatic carbocycles. The Kier molecular flexibility index (Phi) is 5.79. The number of rotatable bonds is 7. The first-order valence-corrected chi connectivity index (χ1v) is 6.43. The van der Waals surface area contributed by atoms with Crippen molar-refractivity contribution in [2.24, 2.45) is 0 Å². The van der Waals surface area contributed by atoms with Gasteiger partial charge in [0.25, 0.3) is 0 Å². The maximum absolute atomic E-state index is 10.8. The Hall–Kier alpha value is -1.27. The highest BCUT2D eigenvalue weighted by Crippen LogP contribution is 2.28. The molecule has 0 saturated carbocycles. The fraction of sp³-hybridized carbons (Fsp3) is 0.455. The summed E-state index contributed by atoms with van der Waals surface area (Å²) in [6.07, 6.45) is 0. The normalized spacial score (nSPS) is 10.2. The van der Waals surface area contributed by atoms with Crippen LogP contribution in [0.25, 0.3) is 0 Å². The lowest BCUT2D eigenvalue weighted by Crippen LogP contribution is -2.03. The zero-order chi connectivity index (χ0) is 12.7. The third kappa shape index (κ3) is 4.24. The molecule has 5 nitrogen and oxygen atoms in total. The molecule has 0 amide bonds. The molecule has 0 aliphatic heterocycles. The zero-order valence-electron chi connectivity index (χ0n) is 9.59. The molecule has 0 saturated heterocycles. The van der Waals surface area contributed by atoms with Crippen LogP contribution in [0.3, 0.4) is 0 Å². The van der Waals surface area contributed by atoms with Gasteiger partial charge in [-0.05, 0) is 23.4 Å². The first kappa shape index (κ1) is 13.8. The van der Waals surface area contributed by atoms with Crippen molar-refractivity contribution in [3.8, 4) is 5.75 Å². The lowest BCUT2D eigenvalue weighted by Gasteiger charge is -2.07. The molecule has 0 aromatic heterocycles. The number of ether oxygens (including phenoxy) is 1. The number of hydrogen-bond donors (Lipinski definition) is 1. The van der Waals surface area contributed by atoms with Crippen LogP contribution in [0.15, 0.2) is 18.2 Å². The van der Waals surface area contributed by atoms with Crippen molar-refractivity contribution in [3.63, 3.8) is 0 Å². The summed E-state index contributed by atoms with van der Waals surface area (Å²) >= 11 is 1.71. The molecule has 0 heterocycles. The average Bonchev–Trinajstić information content (AvgIpc) is 2.34. The summed E-state index contributed by atoms with van der Waals surface area (Å²) in [6, 6.07) is 4.38. The standard InChI is InChI=1S/C11H15NO4S/c1-2-17-6-5-16-11-7-9(8-13)3-4-10(11)12(14)15/h3-4,7,13H,2,5-6,8H2,1H3. The molecule has 17 heavy (non-hydrogen) atoms. The molecule has 0 atom stereocenters. The van der Waals surface area contributed by atoms with Crippen LogP contribution >= 0.6 is 11.8 Å². The van der Waals surface area contributed by atoms with E-state index in [1.165, 1.54) is 18.2 Å². The third-order valence-corrected chi connectivity index (χ3v) is 2.96. The van der Waals surface area contributed by atoms with Crippen LogP contribution in [-0.4, -0.2) is 28.1 Å². The molecule has 0 spiro atoms. The molecule has 1 aromatic carbocycles. The van der Waals surface area contributed by atoms with Gasteiger partial charge < -0.3 is 9.84 Å². The van der Waals surface area contributed by atoms with Gasteiger partial charge in [-0.25, -0.2) is 0 Å². The summed E-state index contributed by atoms with van der Waals surface area (Å²) in [5, 5.41) is 19.7. The number of nitrogens with zero attached hydrogens (tertiary/aromatic N) is 1. The van der Waals surface area contributed by atoms with Gasteiger partial charge in [-0.1, -0.05) is 6.92 Å². The second kappa shape index (κ2) is 7.13. The summed E-state index contributed by atoms with van der Waals surface area (Å²) in [5.74, 6) is 2.00. The molecule has 1 rings (SSSR count). The number of aliphatic hydroxyl groups is 1. The van der Waals surface area contributed by atoms with Crippen molar-refractivity contribution in [2.75, 3.05) is 18.1 Å². The predicted molar refractivity (Wildman–Crippen MR) is 67.5 cm³/mol. The Morgan fingerprint density at radius 3 is 2.88 bits per heavy atom. The molecule has 6 heteroatoms. The zero-order valence-corrected chi connectivity index (χ0v) is 10.4. The van der Waals surface area contributed by atoms with Gasteiger partial charge in [-0.3, -0.25) is 10.1 Å². The number of nitro groups is 1. The fourth-order valence-corrected chi connectivity index (χ4v) is 1.77. The van der Waals surface area contributed by atoms with Crippen LogP contribution in [0.2, 0.25) is 0 Å². The SMILES string of the molecule is CCSCCOc1cc(CO)ccc1[N+](=O)[O-]. The molecule has 0 aliphatic rings. The Morgan fingerprint density at radius 2 is 2.29 bits per heavy atom. The summed E-state index contributed by atoms with van der Waals surface area (Å²) < 4.78 is 5.37. The molecule has 94 valence electrons. The van der Waals surface area contributed by atoms with Crippen molar-refractivity contribution in [2.45, 2.75) is 13.5 Å². The second-order valence-corrected chi connectivity index (χ2v) is 4.66. The lowest BCUT2D eigenvalue weighted by molar-refractivity contribution is -0.385. The summed E-state index contributed by atoms with van der Waals surface area (Å²) in [5.41, 5.74) is 0.539. The van der Waals surface area contributed by atoms with E-state index in [1.807, 2.05) is 6.92 Å². The smallest absolute Gasteiger partial charge is 0.310 e. The van der Waals surface area contributed by atoms with Crippen molar-refractivity contribution in [1.82, 2.24) is 0 Å². The molecule has 0 radical (unpaired) electrons. The number of aliphatic hydroxyl groups excluding tert-OH is 1. The minimum Gasteiger partial charge on any atom is -0.486 e. The molecule has 1 aromatic rings. The monoisotopic (exact) mass is 257 g/mol. The van der Waals surface area contributed by atoms with Crippen molar-refractivity contribution >= 4 is 17.4 Å². The van der Waals surface area contributed by atoms with Crippen LogP contribution in [-0.2, 0) is 6.61 Å². The highest BCUT2D eigenvalue weighted by atomic mass is 32.2. The van der Waals surface area contributed by atoms with Crippen LogP contribution in [0.1, 0.15) is 12.5 Å². The average molecular weight is 257 g/mol. The maximum atomic E-state index is 10.8. The van der Waals surface area contributed by atoms with Gasteiger partial charge >= 0.3 is 5.69 Å². The van der Waals surface area contributed by atoms with E-state index in [2.05, 4.69) is 0 Å². The van der Waals surface area contributed by atoms with Crippen LogP contribution < -0.4 is 4.74 Å². The minimum atomic E-state index is -0.483. The Bertz CT molecular complexity index is 384. The van der Waals surface area contributed by atoms with Crippen LogP contribution in [0.4, 0.5) is 5.69 Å². The molecular formula is C11H15NO4S. The van der Waals surface area contributed by atoms with E-state index in [4.69, 9.17) is 9.84 Å². The topological polar surface area (TPSA) is 72.6 Å². The predicted octanol–water partition coefficient (Wildman–Crippen LogP) is 2.22. The van der Waals surface area contributed by atoms with Gasteiger partial charge in [0.2, 0.25) is 0 Å².